The summed E-state index contributed by atoms with van der Waals surface area (Å²) in [6, 6.07) is 8.69. The molecule has 1 aliphatic heterocycles. The topological polar surface area (TPSA) is 97.1 Å². The number of hydrogen-bond donors (Lipinski definition) is 2. The minimum atomic E-state index is -0.939. The number of carbonyl (C=O) groups excluding carboxylic acids is 1. The van der Waals surface area contributed by atoms with Gasteiger partial charge in [-0.15, -0.1) is 0 Å². The molecule has 1 saturated heterocycles. The number of halogens is 2. The number of pyridine rings is 1. The number of aromatic amines is 1. The maximum Gasteiger partial charge on any atom is 0.255 e. The normalized spacial score (nSPS) is 16.1. The first kappa shape index (κ1) is 19.8. The monoisotopic (exact) mass is 413 g/mol. The van der Waals surface area contributed by atoms with Gasteiger partial charge in [-0.25, -0.2) is 13.8 Å². The van der Waals surface area contributed by atoms with E-state index in [0.29, 0.717) is 37.5 Å². The maximum atomic E-state index is 13.2. The molecule has 1 aromatic carbocycles. The Morgan fingerprint density at radius 2 is 2.10 bits per heavy atom. The Morgan fingerprint density at radius 1 is 1.23 bits per heavy atom. The number of rotatable bonds is 6. The molecule has 0 saturated carbocycles. The molecular formula is C21H21F2N5O2. The number of hydrogen-bond acceptors (Lipinski definition) is 5. The molecule has 0 unspecified atom stereocenters. The molecule has 0 bridgehead atoms. The van der Waals surface area contributed by atoms with Crippen LogP contribution in [-0.4, -0.2) is 45.7 Å². The second kappa shape index (κ2) is 8.48. The number of benzene rings is 1. The van der Waals surface area contributed by atoms with Gasteiger partial charge in [-0.05, 0) is 36.8 Å². The number of nitrogens with one attached hydrogen (secondary N) is 1. The van der Waals surface area contributed by atoms with E-state index < -0.39 is 11.6 Å². The number of amides is 1. The lowest BCUT2D eigenvalue weighted by atomic mass is 10.0. The van der Waals surface area contributed by atoms with Gasteiger partial charge in [-0.1, -0.05) is 0 Å². The summed E-state index contributed by atoms with van der Waals surface area (Å²) >= 11 is 0. The molecule has 1 atom stereocenters. The Hall–Kier alpha value is -3.49. The number of nitrogens with zero attached hydrogens (tertiary/aromatic N) is 3. The van der Waals surface area contributed by atoms with E-state index in [9.17, 15) is 13.6 Å². The molecule has 7 nitrogen and oxygen atoms in total. The predicted molar refractivity (Wildman–Crippen MR) is 106 cm³/mol. The van der Waals surface area contributed by atoms with Crippen molar-refractivity contribution in [3.05, 3.63) is 71.2 Å². The van der Waals surface area contributed by atoms with Crippen molar-refractivity contribution in [2.45, 2.75) is 18.8 Å². The highest BCUT2D eigenvalue weighted by molar-refractivity contribution is 5.94. The van der Waals surface area contributed by atoms with Crippen molar-refractivity contribution in [3.63, 3.8) is 0 Å². The molecule has 1 aliphatic rings. The van der Waals surface area contributed by atoms with E-state index in [1.165, 1.54) is 12.3 Å². The SMILES string of the molecule is Nc1ccc(C(=O)N2CC[C@@H](c3cc(CCOc4ccc(F)c(F)c4)[nH]n3)C2)cn1. The number of anilines is 1. The molecule has 0 aliphatic carbocycles. The zero-order valence-electron chi connectivity index (χ0n) is 16.1. The number of H-pyrrole nitrogens is 1. The van der Waals surface area contributed by atoms with Crippen LogP contribution in [0, 0.1) is 11.6 Å². The summed E-state index contributed by atoms with van der Waals surface area (Å²) in [6.07, 6.45) is 2.85. The Kier molecular flexibility index (Phi) is 5.60. The van der Waals surface area contributed by atoms with Crippen molar-refractivity contribution in [2.24, 2.45) is 0 Å². The summed E-state index contributed by atoms with van der Waals surface area (Å²) in [5.74, 6) is -1.11. The molecule has 0 radical (unpaired) electrons. The Balaban J connectivity index is 1.30. The van der Waals surface area contributed by atoms with Crippen LogP contribution >= 0.6 is 0 Å². The van der Waals surface area contributed by atoms with E-state index in [-0.39, 0.29) is 17.6 Å². The molecule has 2 aromatic heterocycles. The first-order valence-electron chi connectivity index (χ1n) is 9.62. The van der Waals surface area contributed by atoms with Crippen LogP contribution in [0.2, 0.25) is 0 Å². The lowest BCUT2D eigenvalue weighted by molar-refractivity contribution is 0.0790. The highest BCUT2D eigenvalue weighted by Crippen LogP contribution is 2.27. The Bertz CT molecular complexity index is 1040. The van der Waals surface area contributed by atoms with Crippen LogP contribution in [0.25, 0.3) is 0 Å². The van der Waals surface area contributed by atoms with Gasteiger partial charge in [0, 0.05) is 43.4 Å². The standard InChI is InChI=1S/C21H21F2N5O2/c22-17-3-2-16(10-18(17)23)30-8-6-15-9-19(27-26-15)14-5-7-28(12-14)21(29)13-1-4-20(24)25-11-13/h1-4,9-11,14H,5-8,12H2,(H2,24,25)(H,26,27)/t14-/m1/s1. The number of nitrogen functional groups attached to an aromatic ring is 1. The molecule has 30 heavy (non-hydrogen) atoms. The van der Waals surface area contributed by atoms with E-state index in [1.807, 2.05) is 6.07 Å². The van der Waals surface area contributed by atoms with Gasteiger partial charge in [0.25, 0.3) is 5.91 Å². The lowest BCUT2D eigenvalue weighted by Gasteiger charge is -2.16. The van der Waals surface area contributed by atoms with Gasteiger partial charge in [-0.3, -0.25) is 9.89 Å². The molecule has 1 amide bonds. The summed E-state index contributed by atoms with van der Waals surface area (Å²) in [5, 5.41) is 7.35. The number of carbonyl (C=O) groups is 1. The minimum absolute atomic E-state index is 0.0688. The van der Waals surface area contributed by atoms with Crippen molar-refractivity contribution in [1.29, 1.82) is 0 Å². The van der Waals surface area contributed by atoms with E-state index in [0.717, 1.165) is 29.9 Å². The zero-order chi connectivity index (χ0) is 21.1. The molecule has 1 fully saturated rings. The van der Waals surface area contributed by atoms with Gasteiger partial charge in [-0.2, -0.15) is 5.10 Å². The van der Waals surface area contributed by atoms with Crippen LogP contribution in [0.5, 0.6) is 5.75 Å². The summed E-state index contributed by atoms with van der Waals surface area (Å²) in [5.41, 5.74) is 7.86. The summed E-state index contributed by atoms with van der Waals surface area (Å²) in [6.45, 7) is 1.53. The quantitative estimate of drug-likeness (QED) is 0.648. The van der Waals surface area contributed by atoms with Crippen LogP contribution in [-0.2, 0) is 6.42 Å². The van der Waals surface area contributed by atoms with Crippen molar-refractivity contribution < 1.29 is 18.3 Å². The Labute approximate surface area is 171 Å². The second-order valence-electron chi connectivity index (χ2n) is 7.20. The summed E-state index contributed by atoms with van der Waals surface area (Å²) < 4.78 is 31.6. The summed E-state index contributed by atoms with van der Waals surface area (Å²) in [7, 11) is 0. The molecule has 4 rings (SSSR count). The third-order valence-electron chi connectivity index (χ3n) is 5.11. The van der Waals surface area contributed by atoms with Gasteiger partial charge >= 0.3 is 0 Å². The highest BCUT2D eigenvalue weighted by Gasteiger charge is 2.29. The van der Waals surface area contributed by atoms with Crippen molar-refractivity contribution in [3.8, 4) is 5.75 Å². The zero-order valence-corrected chi connectivity index (χ0v) is 16.1. The molecular weight excluding hydrogens is 392 g/mol. The largest absolute Gasteiger partial charge is 0.493 e. The maximum absolute atomic E-state index is 13.2. The van der Waals surface area contributed by atoms with Crippen molar-refractivity contribution in [1.82, 2.24) is 20.1 Å². The van der Waals surface area contributed by atoms with Crippen molar-refractivity contribution >= 4 is 11.7 Å². The second-order valence-corrected chi connectivity index (χ2v) is 7.20. The molecule has 9 heteroatoms. The number of aromatic nitrogens is 3. The van der Waals surface area contributed by atoms with E-state index in [2.05, 4.69) is 15.2 Å². The van der Waals surface area contributed by atoms with E-state index in [4.69, 9.17) is 10.5 Å². The lowest BCUT2D eigenvalue weighted by Crippen LogP contribution is -2.28. The molecule has 3 heterocycles. The fourth-order valence-electron chi connectivity index (χ4n) is 3.46. The molecule has 0 spiro atoms. The Morgan fingerprint density at radius 3 is 2.87 bits per heavy atom. The van der Waals surface area contributed by atoms with Crippen LogP contribution in [0.3, 0.4) is 0 Å². The third-order valence-corrected chi connectivity index (χ3v) is 5.11. The van der Waals surface area contributed by atoms with Crippen LogP contribution in [0.4, 0.5) is 14.6 Å². The average Bonchev–Trinajstić information content (AvgIpc) is 3.40. The van der Waals surface area contributed by atoms with Gasteiger partial charge in [0.1, 0.15) is 11.6 Å². The fourth-order valence-corrected chi connectivity index (χ4v) is 3.46. The molecule has 3 aromatic rings. The van der Waals surface area contributed by atoms with Crippen molar-refractivity contribution in [2.75, 3.05) is 25.4 Å². The first-order valence-corrected chi connectivity index (χ1v) is 9.62. The molecule has 3 N–H and O–H groups in total. The number of nitrogens with two attached hydrogens (primary N) is 1. The summed E-state index contributed by atoms with van der Waals surface area (Å²) in [4.78, 5) is 18.4. The van der Waals surface area contributed by atoms with Gasteiger partial charge in [0.05, 0.1) is 17.9 Å². The van der Waals surface area contributed by atoms with Gasteiger partial charge < -0.3 is 15.4 Å². The highest BCUT2D eigenvalue weighted by atomic mass is 19.2. The predicted octanol–water partition coefficient (Wildman–Crippen LogP) is 2.92. The van der Waals surface area contributed by atoms with Crippen LogP contribution in [0.15, 0.2) is 42.6 Å². The fraction of sp³-hybridized carbons (Fsp3) is 0.286. The third kappa shape index (κ3) is 4.40. The number of likely N-dealkylation sites (tertiary alicyclic amines) is 1. The first-order chi connectivity index (χ1) is 14.5. The van der Waals surface area contributed by atoms with E-state index >= 15 is 0 Å². The number of ether oxygens (including phenoxy) is 1. The van der Waals surface area contributed by atoms with Gasteiger partial charge in [0.2, 0.25) is 0 Å². The van der Waals surface area contributed by atoms with Crippen LogP contribution in [0.1, 0.15) is 34.1 Å². The van der Waals surface area contributed by atoms with E-state index in [1.54, 1.807) is 17.0 Å². The minimum Gasteiger partial charge on any atom is -0.493 e. The van der Waals surface area contributed by atoms with Crippen LogP contribution < -0.4 is 10.5 Å². The smallest absolute Gasteiger partial charge is 0.255 e. The molecule has 156 valence electrons. The average molecular weight is 413 g/mol. The van der Waals surface area contributed by atoms with Gasteiger partial charge in [0.15, 0.2) is 11.6 Å².